The second kappa shape index (κ2) is 7.76. The predicted octanol–water partition coefficient (Wildman–Crippen LogP) is 2.26. The largest absolute Gasteiger partial charge is 0.321 e. The Labute approximate surface area is 168 Å². The molecule has 0 saturated carbocycles. The SMILES string of the molecule is Cc1ccc(NC(=O)c2nn(CC(C)C)c(=O)c3ccccc23)cc1S(N)(=O)=O. The summed E-state index contributed by atoms with van der Waals surface area (Å²) >= 11 is 0. The van der Waals surface area contributed by atoms with Crippen molar-refractivity contribution < 1.29 is 13.2 Å². The summed E-state index contributed by atoms with van der Waals surface area (Å²) in [5.74, 6) is -0.394. The van der Waals surface area contributed by atoms with Crippen LogP contribution in [0.5, 0.6) is 0 Å². The molecule has 0 saturated heterocycles. The third-order valence-electron chi connectivity index (χ3n) is 4.37. The molecule has 3 rings (SSSR count). The maximum Gasteiger partial charge on any atom is 0.276 e. The number of aromatic nitrogens is 2. The number of amides is 1. The van der Waals surface area contributed by atoms with Crippen LogP contribution in [-0.4, -0.2) is 24.1 Å². The van der Waals surface area contributed by atoms with Crippen LogP contribution in [0.15, 0.2) is 52.2 Å². The maximum atomic E-state index is 13.0. The standard InChI is InChI=1S/C20H22N4O4S/c1-12(2)11-24-20(26)16-7-5-4-6-15(16)18(23-24)19(25)22-14-9-8-13(3)17(10-14)29(21,27)28/h4-10,12H,11H2,1-3H3,(H,22,25)(H2,21,27,28). The summed E-state index contributed by atoms with van der Waals surface area (Å²) in [6.45, 7) is 5.88. The van der Waals surface area contributed by atoms with Crippen LogP contribution in [0.3, 0.4) is 0 Å². The molecule has 0 bridgehead atoms. The van der Waals surface area contributed by atoms with Crippen LogP contribution in [0.25, 0.3) is 10.8 Å². The zero-order chi connectivity index (χ0) is 21.3. The van der Waals surface area contributed by atoms with Gasteiger partial charge in [0, 0.05) is 17.6 Å². The summed E-state index contributed by atoms with van der Waals surface area (Å²) in [5.41, 5.74) is 0.549. The number of nitrogens with two attached hydrogens (primary N) is 1. The van der Waals surface area contributed by atoms with Crippen LogP contribution >= 0.6 is 0 Å². The molecule has 0 spiro atoms. The van der Waals surface area contributed by atoms with Gasteiger partial charge in [0.1, 0.15) is 0 Å². The molecular weight excluding hydrogens is 392 g/mol. The third-order valence-corrected chi connectivity index (χ3v) is 5.43. The Morgan fingerprint density at radius 2 is 1.83 bits per heavy atom. The Morgan fingerprint density at radius 1 is 1.17 bits per heavy atom. The van der Waals surface area contributed by atoms with E-state index in [1.807, 2.05) is 13.8 Å². The number of primary sulfonamides is 1. The van der Waals surface area contributed by atoms with Crippen molar-refractivity contribution in [3.63, 3.8) is 0 Å². The van der Waals surface area contributed by atoms with Crippen LogP contribution < -0.4 is 16.0 Å². The Hall–Kier alpha value is -3.04. The molecule has 0 aliphatic carbocycles. The molecule has 152 valence electrons. The van der Waals surface area contributed by atoms with Gasteiger partial charge in [-0.05, 0) is 36.6 Å². The highest BCUT2D eigenvalue weighted by Gasteiger charge is 2.19. The van der Waals surface area contributed by atoms with E-state index in [-0.39, 0.29) is 27.8 Å². The highest BCUT2D eigenvalue weighted by Crippen LogP contribution is 2.21. The lowest BCUT2D eigenvalue weighted by atomic mass is 10.1. The minimum Gasteiger partial charge on any atom is -0.321 e. The van der Waals surface area contributed by atoms with Crippen LogP contribution in [0.1, 0.15) is 29.9 Å². The minimum absolute atomic E-state index is 0.0714. The summed E-state index contributed by atoms with van der Waals surface area (Å²) in [7, 11) is -3.93. The highest BCUT2D eigenvalue weighted by molar-refractivity contribution is 7.89. The maximum absolute atomic E-state index is 13.0. The molecule has 9 heteroatoms. The van der Waals surface area contributed by atoms with E-state index in [1.54, 1.807) is 43.3 Å². The molecule has 1 heterocycles. The highest BCUT2D eigenvalue weighted by atomic mass is 32.2. The number of nitrogens with one attached hydrogen (secondary N) is 1. The zero-order valence-electron chi connectivity index (χ0n) is 16.3. The van der Waals surface area contributed by atoms with Crippen molar-refractivity contribution in [2.75, 3.05) is 5.32 Å². The van der Waals surface area contributed by atoms with Gasteiger partial charge in [-0.25, -0.2) is 18.2 Å². The molecule has 3 aromatic rings. The van der Waals surface area contributed by atoms with Crippen molar-refractivity contribution in [3.05, 3.63) is 64.1 Å². The molecule has 3 N–H and O–H groups in total. The minimum atomic E-state index is -3.93. The number of aryl methyl sites for hydroxylation is 1. The topological polar surface area (TPSA) is 124 Å². The van der Waals surface area contributed by atoms with Gasteiger partial charge in [0.15, 0.2) is 5.69 Å². The van der Waals surface area contributed by atoms with Crippen LogP contribution in [-0.2, 0) is 16.6 Å². The number of carbonyl (C=O) groups excluding carboxylic acids is 1. The van der Waals surface area contributed by atoms with Crippen molar-refractivity contribution in [2.45, 2.75) is 32.2 Å². The Bertz CT molecular complexity index is 1260. The van der Waals surface area contributed by atoms with Crippen molar-refractivity contribution in [1.29, 1.82) is 0 Å². The monoisotopic (exact) mass is 414 g/mol. The van der Waals surface area contributed by atoms with Crippen LogP contribution in [0.2, 0.25) is 0 Å². The Morgan fingerprint density at radius 3 is 2.45 bits per heavy atom. The van der Waals surface area contributed by atoms with E-state index in [0.29, 0.717) is 22.9 Å². The Kier molecular flexibility index (Phi) is 5.54. The van der Waals surface area contributed by atoms with E-state index >= 15 is 0 Å². The van der Waals surface area contributed by atoms with Gasteiger partial charge in [0.2, 0.25) is 10.0 Å². The van der Waals surface area contributed by atoms with Gasteiger partial charge in [-0.3, -0.25) is 9.59 Å². The van der Waals surface area contributed by atoms with Crippen molar-refractivity contribution in [2.24, 2.45) is 11.1 Å². The number of hydrogen-bond acceptors (Lipinski definition) is 5. The van der Waals surface area contributed by atoms with Crippen LogP contribution in [0, 0.1) is 12.8 Å². The van der Waals surface area contributed by atoms with Gasteiger partial charge in [-0.1, -0.05) is 38.1 Å². The summed E-state index contributed by atoms with van der Waals surface area (Å²) in [6, 6.07) is 11.2. The number of nitrogens with zero attached hydrogens (tertiary/aromatic N) is 2. The summed E-state index contributed by atoms with van der Waals surface area (Å²) in [5, 5.41) is 13.0. The van der Waals surface area contributed by atoms with E-state index < -0.39 is 15.9 Å². The Balaban J connectivity index is 2.08. The normalized spacial score (nSPS) is 11.8. The second-order valence-corrected chi connectivity index (χ2v) is 8.78. The molecule has 2 aromatic carbocycles. The molecule has 1 aromatic heterocycles. The number of rotatable bonds is 5. The summed E-state index contributed by atoms with van der Waals surface area (Å²) in [6.07, 6.45) is 0. The van der Waals surface area contributed by atoms with E-state index in [4.69, 9.17) is 5.14 Å². The molecule has 0 radical (unpaired) electrons. The number of carbonyl (C=O) groups is 1. The molecule has 0 atom stereocenters. The number of anilines is 1. The van der Waals surface area contributed by atoms with Gasteiger partial charge in [0.05, 0.1) is 10.3 Å². The fraction of sp³-hybridized carbons (Fsp3) is 0.250. The molecule has 0 aliphatic heterocycles. The lowest BCUT2D eigenvalue weighted by molar-refractivity contribution is 0.102. The van der Waals surface area contributed by atoms with Crippen molar-refractivity contribution in [1.82, 2.24) is 9.78 Å². The van der Waals surface area contributed by atoms with E-state index in [1.165, 1.54) is 10.7 Å². The predicted molar refractivity (Wildman–Crippen MR) is 111 cm³/mol. The molecule has 0 fully saturated rings. The summed E-state index contributed by atoms with van der Waals surface area (Å²) in [4.78, 5) is 25.6. The first kappa shape index (κ1) is 20.7. The number of hydrogen-bond donors (Lipinski definition) is 2. The first-order chi connectivity index (χ1) is 13.6. The van der Waals surface area contributed by atoms with E-state index in [9.17, 15) is 18.0 Å². The quantitative estimate of drug-likeness (QED) is 0.663. The van der Waals surface area contributed by atoms with E-state index in [2.05, 4.69) is 10.4 Å². The number of fused-ring (bicyclic) bond motifs is 1. The second-order valence-electron chi connectivity index (χ2n) is 7.25. The number of benzene rings is 2. The first-order valence-electron chi connectivity index (χ1n) is 9.02. The molecule has 8 nitrogen and oxygen atoms in total. The zero-order valence-corrected chi connectivity index (χ0v) is 17.2. The van der Waals surface area contributed by atoms with Gasteiger partial charge in [-0.15, -0.1) is 0 Å². The van der Waals surface area contributed by atoms with Crippen LogP contribution in [0.4, 0.5) is 5.69 Å². The molecule has 29 heavy (non-hydrogen) atoms. The average Bonchev–Trinajstić information content (AvgIpc) is 2.64. The third kappa shape index (κ3) is 4.36. The molecule has 0 unspecified atom stereocenters. The van der Waals surface area contributed by atoms with Gasteiger partial charge in [0.25, 0.3) is 11.5 Å². The van der Waals surface area contributed by atoms with Gasteiger partial charge < -0.3 is 5.32 Å². The van der Waals surface area contributed by atoms with Gasteiger partial charge >= 0.3 is 0 Å². The lowest BCUT2D eigenvalue weighted by Crippen LogP contribution is -2.29. The smallest absolute Gasteiger partial charge is 0.276 e. The fourth-order valence-electron chi connectivity index (χ4n) is 3.05. The summed E-state index contributed by atoms with van der Waals surface area (Å²) < 4.78 is 24.8. The molecule has 1 amide bonds. The molecular formula is C20H22N4O4S. The molecule has 0 aliphatic rings. The van der Waals surface area contributed by atoms with Crippen molar-refractivity contribution in [3.8, 4) is 0 Å². The van der Waals surface area contributed by atoms with Gasteiger partial charge in [-0.2, -0.15) is 5.10 Å². The van der Waals surface area contributed by atoms with Crippen molar-refractivity contribution >= 4 is 32.4 Å². The fourth-order valence-corrected chi connectivity index (χ4v) is 3.86. The lowest BCUT2D eigenvalue weighted by Gasteiger charge is -2.13. The first-order valence-corrected chi connectivity index (χ1v) is 10.6. The van der Waals surface area contributed by atoms with E-state index in [0.717, 1.165) is 0 Å². The number of sulfonamides is 1. The average molecular weight is 414 g/mol.